The normalized spacial score (nSPS) is 24.2. The first-order valence-corrected chi connectivity index (χ1v) is 7.62. The number of amidine groups is 1. The first-order chi connectivity index (χ1) is 10.7. The second-order valence-corrected chi connectivity index (χ2v) is 5.78. The van der Waals surface area contributed by atoms with Gasteiger partial charge in [-0.2, -0.15) is 0 Å². The Labute approximate surface area is 131 Å². The van der Waals surface area contributed by atoms with E-state index in [1.54, 1.807) is 7.05 Å². The number of carbonyl (C=O) groups is 1. The fourth-order valence-electron chi connectivity index (χ4n) is 3.27. The van der Waals surface area contributed by atoms with Gasteiger partial charge < -0.3 is 16.0 Å². The number of carbonyl (C=O) groups excluding carboxylic acids is 1. The molecule has 2 bridgehead atoms. The SMILES string of the molecule is CN=CN=C(N)c1cccc(NC(=O)N2C3CCCC2C3)c1.[HH]. The molecule has 2 unspecified atom stereocenters. The van der Waals surface area contributed by atoms with Crippen LogP contribution < -0.4 is 11.1 Å². The molecule has 0 spiro atoms. The molecule has 2 saturated heterocycles. The average Bonchev–Trinajstić information content (AvgIpc) is 2.53. The number of hydrogen-bond donors (Lipinski definition) is 2. The Hall–Kier alpha value is -2.37. The lowest BCUT2D eigenvalue weighted by atomic mass is 9.80. The van der Waals surface area contributed by atoms with Gasteiger partial charge in [0.1, 0.15) is 12.2 Å². The number of nitrogens with zero attached hydrogens (tertiary/aromatic N) is 3. The van der Waals surface area contributed by atoms with Crippen LogP contribution in [0.5, 0.6) is 0 Å². The van der Waals surface area contributed by atoms with Crippen molar-refractivity contribution in [1.82, 2.24) is 4.90 Å². The fourth-order valence-corrected chi connectivity index (χ4v) is 3.27. The van der Waals surface area contributed by atoms with E-state index in [1.165, 1.54) is 12.8 Å². The number of rotatable bonds is 3. The number of hydrogen-bond acceptors (Lipinski definition) is 2. The van der Waals surface area contributed by atoms with E-state index in [2.05, 4.69) is 15.3 Å². The molecule has 2 aliphatic rings. The second kappa shape index (κ2) is 6.17. The van der Waals surface area contributed by atoms with Crippen LogP contribution in [0.25, 0.3) is 0 Å². The summed E-state index contributed by atoms with van der Waals surface area (Å²) >= 11 is 0. The zero-order valence-corrected chi connectivity index (χ0v) is 12.7. The van der Waals surface area contributed by atoms with E-state index >= 15 is 0 Å². The van der Waals surface area contributed by atoms with Crippen molar-refractivity contribution in [3.05, 3.63) is 29.8 Å². The van der Waals surface area contributed by atoms with Gasteiger partial charge in [-0.1, -0.05) is 12.1 Å². The molecule has 0 aliphatic carbocycles. The number of nitrogens with two attached hydrogens (primary N) is 1. The highest BCUT2D eigenvalue weighted by atomic mass is 16.2. The van der Waals surface area contributed by atoms with Crippen LogP contribution in [0.1, 0.15) is 32.7 Å². The van der Waals surface area contributed by atoms with E-state index in [4.69, 9.17) is 5.73 Å². The summed E-state index contributed by atoms with van der Waals surface area (Å²) in [4.78, 5) is 22.2. The van der Waals surface area contributed by atoms with Crippen LogP contribution in [-0.4, -0.2) is 42.2 Å². The highest BCUT2D eigenvalue weighted by molar-refractivity contribution is 6.02. The van der Waals surface area contributed by atoms with Crippen LogP contribution in [-0.2, 0) is 0 Å². The molecule has 2 fully saturated rings. The monoisotopic (exact) mass is 301 g/mol. The van der Waals surface area contributed by atoms with E-state index in [1.807, 2.05) is 29.2 Å². The minimum Gasteiger partial charge on any atom is -0.383 e. The number of fused-ring (bicyclic) bond motifs is 2. The van der Waals surface area contributed by atoms with Gasteiger partial charge in [0.25, 0.3) is 0 Å². The second-order valence-electron chi connectivity index (χ2n) is 5.78. The van der Waals surface area contributed by atoms with Gasteiger partial charge >= 0.3 is 6.03 Å². The number of piperidine rings is 1. The van der Waals surface area contributed by atoms with Gasteiger partial charge in [0.15, 0.2) is 0 Å². The molecule has 0 saturated carbocycles. The third kappa shape index (κ3) is 2.81. The Morgan fingerprint density at radius 3 is 2.91 bits per heavy atom. The molecule has 6 heteroatoms. The van der Waals surface area contributed by atoms with Crippen LogP contribution in [0.3, 0.4) is 0 Å². The molecule has 2 atom stereocenters. The minimum atomic E-state index is -0.0104. The Morgan fingerprint density at radius 1 is 1.45 bits per heavy atom. The predicted molar refractivity (Wildman–Crippen MR) is 90.6 cm³/mol. The fraction of sp³-hybridized carbons (Fsp3) is 0.438. The Morgan fingerprint density at radius 2 is 2.23 bits per heavy atom. The van der Waals surface area contributed by atoms with E-state index in [0.29, 0.717) is 17.9 Å². The van der Waals surface area contributed by atoms with Crippen LogP contribution in [0.2, 0.25) is 0 Å². The van der Waals surface area contributed by atoms with Crippen molar-refractivity contribution in [1.29, 1.82) is 0 Å². The van der Waals surface area contributed by atoms with Crippen molar-refractivity contribution in [2.45, 2.75) is 37.8 Å². The Kier molecular flexibility index (Phi) is 4.09. The number of nitrogens with one attached hydrogen (secondary N) is 1. The molecule has 2 heterocycles. The topological polar surface area (TPSA) is 83.1 Å². The lowest BCUT2D eigenvalue weighted by Crippen LogP contribution is -2.62. The van der Waals surface area contributed by atoms with Gasteiger partial charge in [-0.3, -0.25) is 4.99 Å². The first-order valence-electron chi connectivity index (χ1n) is 7.62. The maximum atomic E-state index is 12.4. The van der Waals surface area contributed by atoms with Crippen molar-refractivity contribution < 1.29 is 6.22 Å². The van der Waals surface area contributed by atoms with Gasteiger partial charge in [0, 0.05) is 31.8 Å². The van der Waals surface area contributed by atoms with E-state index < -0.39 is 0 Å². The van der Waals surface area contributed by atoms with E-state index in [-0.39, 0.29) is 7.46 Å². The zero-order chi connectivity index (χ0) is 15.5. The summed E-state index contributed by atoms with van der Waals surface area (Å²) in [7, 11) is 1.64. The maximum Gasteiger partial charge on any atom is 0.322 e. The summed E-state index contributed by atoms with van der Waals surface area (Å²) in [6.45, 7) is 0. The summed E-state index contributed by atoms with van der Waals surface area (Å²) in [5, 5.41) is 2.97. The lowest BCUT2D eigenvalue weighted by molar-refractivity contribution is 0.0173. The van der Waals surface area contributed by atoms with Gasteiger partial charge in [-0.05, 0) is 37.8 Å². The number of benzene rings is 1. The van der Waals surface area contributed by atoms with Gasteiger partial charge in [0.2, 0.25) is 0 Å². The molecule has 1 aromatic carbocycles. The van der Waals surface area contributed by atoms with Crippen LogP contribution in [0.4, 0.5) is 10.5 Å². The third-order valence-electron chi connectivity index (χ3n) is 4.36. The average molecular weight is 301 g/mol. The van der Waals surface area contributed by atoms with Crippen molar-refractivity contribution >= 4 is 23.9 Å². The maximum absolute atomic E-state index is 12.4. The van der Waals surface area contributed by atoms with Crippen LogP contribution >= 0.6 is 0 Å². The van der Waals surface area contributed by atoms with Gasteiger partial charge in [-0.15, -0.1) is 0 Å². The summed E-state index contributed by atoms with van der Waals surface area (Å²) in [5.74, 6) is 0.377. The Balaban J connectivity index is 0.00000192. The largest absolute Gasteiger partial charge is 0.383 e. The number of amides is 2. The van der Waals surface area contributed by atoms with Crippen molar-refractivity contribution in [3.8, 4) is 0 Å². The Bertz CT molecular complexity index is 617. The van der Waals surface area contributed by atoms with Crippen LogP contribution in [0.15, 0.2) is 34.3 Å². The molecular weight excluding hydrogens is 278 g/mol. The lowest BCUT2D eigenvalue weighted by Gasteiger charge is -2.52. The number of urea groups is 1. The molecule has 1 aromatic rings. The van der Waals surface area contributed by atoms with Crippen molar-refractivity contribution in [2.75, 3.05) is 12.4 Å². The molecule has 2 amide bonds. The highest BCUT2D eigenvalue weighted by Crippen LogP contribution is 2.38. The molecule has 118 valence electrons. The third-order valence-corrected chi connectivity index (χ3v) is 4.36. The standard InChI is InChI=1S/C16H21N5O.H2/c1-18-10-19-15(17)11-4-2-5-12(8-11)20-16(22)21-13-6-3-7-14(21)9-13;/h2,4-5,8,10,13-14H,3,6-7,9H2,1H3,(H,20,22)(H2,17,18,19);1H. The summed E-state index contributed by atoms with van der Waals surface area (Å²) in [5.41, 5.74) is 7.39. The molecule has 0 aromatic heterocycles. The smallest absolute Gasteiger partial charge is 0.322 e. The molecule has 3 rings (SSSR count). The van der Waals surface area contributed by atoms with Gasteiger partial charge in [-0.25, -0.2) is 9.79 Å². The number of anilines is 1. The molecular formula is C16H23N5O. The number of aliphatic imine (C=N–C) groups is 2. The molecule has 2 aliphatic heterocycles. The quantitative estimate of drug-likeness (QED) is 0.664. The predicted octanol–water partition coefficient (Wildman–Crippen LogP) is 2.45. The minimum absolute atomic E-state index is 0. The van der Waals surface area contributed by atoms with Crippen molar-refractivity contribution in [2.24, 2.45) is 15.7 Å². The summed E-state index contributed by atoms with van der Waals surface area (Å²) in [6.07, 6.45) is 6.05. The molecule has 0 radical (unpaired) electrons. The molecule has 6 nitrogen and oxygen atoms in total. The van der Waals surface area contributed by atoms with Gasteiger partial charge in [0.05, 0.1) is 0 Å². The molecule has 3 N–H and O–H groups in total. The summed E-state index contributed by atoms with van der Waals surface area (Å²) < 4.78 is 0. The van der Waals surface area contributed by atoms with Crippen LogP contribution in [0, 0.1) is 0 Å². The highest BCUT2D eigenvalue weighted by Gasteiger charge is 2.44. The zero-order valence-electron chi connectivity index (χ0n) is 12.7. The molecule has 22 heavy (non-hydrogen) atoms. The van der Waals surface area contributed by atoms with E-state index in [0.717, 1.165) is 30.5 Å². The summed E-state index contributed by atoms with van der Waals surface area (Å²) in [6, 6.07) is 8.24. The van der Waals surface area contributed by atoms with E-state index in [9.17, 15) is 4.79 Å². The van der Waals surface area contributed by atoms with Crippen molar-refractivity contribution in [3.63, 3.8) is 0 Å². The first kappa shape index (κ1) is 14.6.